The van der Waals surface area contributed by atoms with Crippen molar-refractivity contribution < 1.29 is 14.0 Å². The zero-order valence-electron chi connectivity index (χ0n) is 19.0. The Bertz CT molecular complexity index is 757. The summed E-state index contributed by atoms with van der Waals surface area (Å²) in [5.41, 5.74) is 10.8. The van der Waals surface area contributed by atoms with Gasteiger partial charge in [0.2, 0.25) is 0 Å². The van der Waals surface area contributed by atoms with Gasteiger partial charge >= 0.3 is 0 Å². The number of pyridine rings is 2. The van der Waals surface area contributed by atoms with Crippen LogP contribution in [0.25, 0.3) is 10.4 Å². The van der Waals surface area contributed by atoms with Crippen LogP contribution in [0.1, 0.15) is 49.7 Å². The van der Waals surface area contributed by atoms with Crippen LogP contribution in [0, 0.1) is 0 Å². The molecule has 0 saturated carbocycles. The fourth-order valence-electron chi connectivity index (χ4n) is 3.30. The Kier molecular flexibility index (Phi) is 17.0. The van der Waals surface area contributed by atoms with Crippen LogP contribution in [-0.2, 0) is 28.9 Å². The predicted octanol–water partition coefficient (Wildman–Crippen LogP) is 5.26. The van der Waals surface area contributed by atoms with Crippen molar-refractivity contribution in [3.8, 4) is 0 Å². The van der Waals surface area contributed by atoms with E-state index in [2.05, 4.69) is 50.2 Å². The number of ether oxygens (including phenoxy) is 2. The molecule has 0 unspecified atom stereocenters. The van der Waals surface area contributed by atoms with Gasteiger partial charge in [-0.05, 0) is 68.2 Å². The topological polar surface area (TPSA) is 84.0 Å². The van der Waals surface area contributed by atoms with Gasteiger partial charge in [-0.1, -0.05) is 11.2 Å². The van der Waals surface area contributed by atoms with Crippen molar-refractivity contribution in [1.82, 2.24) is 4.98 Å². The van der Waals surface area contributed by atoms with E-state index in [1.54, 1.807) is 0 Å². The highest BCUT2D eigenvalue weighted by molar-refractivity contribution is 5.85. The minimum atomic E-state index is 0. The highest BCUT2D eigenvalue weighted by atomic mass is 35.5. The largest absolute Gasteiger partial charge is 0.381 e. The van der Waals surface area contributed by atoms with Gasteiger partial charge in [0, 0.05) is 68.3 Å². The van der Waals surface area contributed by atoms with E-state index in [0.717, 1.165) is 84.3 Å². The van der Waals surface area contributed by atoms with Crippen LogP contribution in [0.4, 0.5) is 0 Å². The molecule has 2 aromatic rings. The van der Waals surface area contributed by atoms with Crippen LogP contribution < -0.4 is 4.57 Å². The number of rotatable bonds is 18. The predicted molar refractivity (Wildman–Crippen MR) is 129 cm³/mol. The molecule has 0 spiro atoms. The lowest BCUT2D eigenvalue weighted by atomic mass is 10.1. The molecule has 0 fully saturated rings. The van der Waals surface area contributed by atoms with Crippen LogP contribution in [0.15, 0.2) is 54.2 Å². The maximum Gasteiger partial charge on any atom is 0.171 e. The quantitative estimate of drug-likeness (QED) is 0.0995. The first kappa shape index (κ1) is 27.9. The second kappa shape index (κ2) is 19.5. The molecule has 7 nitrogen and oxygen atoms in total. The van der Waals surface area contributed by atoms with Gasteiger partial charge in [0.15, 0.2) is 12.4 Å². The lowest BCUT2D eigenvalue weighted by Gasteiger charge is -2.05. The average molecular weight is 463 g/mol. The van der Waals surface area contributed by atoms with Crippen molar-refractivity contribution in [1.29, 1.82) is 0 Å². The molecular weight excluding hydrogens is 426 g/mol. The zero-order valence-corrected chi connectivity index (χ0v) is 19.8. The van der Waals surface area contributed by atoms with Crippen molar-refractivity contribution in [2.75, 3.05) is 33.0 Å². The first-order valence-corrected chi connectivity index (χ1v) is 11.4. The van der Waals surface area contributed by atoms with Gasteiger partial charge in [-0.25, -0.2) is 4.57 Å². The molecule has 0 aliphatic rings. The molecule has 0 aliphatic heterocycles. The molecule has 8 heteroatoms. The van der Waals surface area contributed by atoms with E-state index in [1.807, 2.05) is 18.5 Å². The van der Waals surface area contributed by atoms with E-state index in [9.17, 15) is 0 Å². The third kappa shape index (κ3) is 14.0. The smallest absolute Gasteiger partial charge is 0.171 e. The summed E-state index contributed by atoms with van der Waals surface area (Å²) in [5, 5.41) is 3.52. The van der Waals surface area contributed by atoms with Crippen molar-refractivity contribution in [3.05, 3.63) is 70.6 Å². The summed E-state index contributed by atoms with van der Waals surface area (Å²) in [4.78, 5) is 6.88. The molecule has 0 aliphatic carbocycles. The Labute approximate surface area is 198 Å². The molecule has 2 rings (SSSR count). The average Bonchev–Trinajstić information content (AvgIpc) is 2.81. The minimum Gasteiger partial charge on any atom is -0.381 e. The van der Waals surface area contributed by atoms with Gasteiger partial charge in [-0.15, -0.1) is 12.4 Å². The van der Waals surface area contributed by atoms with Crippen molar-refractivity contribution in [3.63, 3.8) is 0 Å². The number of hydrogen-bond donors (Lipinski definition) is 0. The normalized spacial score (nSPS) is 10.4. The number of aryl methyl sites for hydroxylation is 3. The van der Waals surface area contributed by atoms with Crippen LogP contribution in [0.2, 0.25) is 0 Å². The summed E-state index contributed by atoms with van der Waals surface area (Å²) < 4.78 is 13.7. The maximum atomic E-state index is 8.22. The first-order valence-electron chi connectivity index (χ1n) is 11.4. The number of hydrogen-bond acceptors (Lipinski definition) is 4. The highest BCUT2D eigenvalue weighted by Gasteiger charge is 2.03. The summed E-state index contributed by atoms with van der Waals surface area (Å²) in [6.45, 7) is 4.73. The van der Waals surface area contributed by atoms with Gasteiger partial charge < -0.3 is 9.47 Å². The van der Waals surface area contributed by atoms with Gasteiger partial charge in [-0.2, -0.15) is 0 Å². The molecule has 2 heterocycles. The molecular formula is C24H37ClN5O2+. The zero-order chi connectivity index (χ0) is 21.8. The Morgan fingerprint density at radius 1 is 0.875 bits per heavy atom. The summed E-state index contributed by atoms with van der Waals surface area (Å²) in [5.74, 6) is 0. The van der Waals surface area contributed by atoms with Crippen LogP contribution in [-0.4, -0.2) is 38.0 Å². The standard InChI is InChI=1S/C24H36N5O2.ClH/c25-28-27-14-1-3-17-30-20-8-12-24-10-6-16-29(22-24)15-2-4-18-31-19-7-11-23-9-5-13-26-21-23;/h5-6,9-10,13,16,21-22H,1-4,7-8,11-12,14-15,17-20H2;1H/q+1;. The van der Waals surface area contributed by atoms with Crippen LogP contribution in [0.3, 0.4) is 0 Å². The molecule has 0 amide bonds. The minimum absolute atomic E-state index is 0. The van der Waals surface area contributed by atoms with E-state index < -0.39 is 0 Å². The highest BCUT2D eigenvalue weighted by Crippen LogP contribution is 2.03. The van der Waals surface area contributed by atoms with Crippen molar-refractivity contribution in [2.45, 2.75) is 57.9 Å². The second-order valence-electron chi connectivity index (χ2n) is 7.61. The molecule has 0 aromatic carbocycles. The van der Waals surface area contributed by atoms with Gasteiger partial charge in [0.1, 0.15) is 6.54 Å². The fourth-order valence-corrected chi connectivity index (χ4v) is 3.30. The molecule has 176 valence electrons. The number of aromatic nitrogens is 2. The van der Waals surface area contributed by atoms with Crippen LogP contribution in [0.5, 0.6) is 0 Å². The maximum absolute atomic E-state index is 8.22. The molecule has 0 atom stereocenters. The first-order chi connectivity index (χ1) is 15.4. The third-order valence-electron chi connectivity index (χ3n) is 4.97. The molecule has 0 N–H and O–H groups in total. The summed E-state index contributed by atoms with van der Waals surface area (Å²) >= 11 is 0. The Balaban J connectivity index is 0.00000512. The van der Waals surface area contributed by atoms with E-state index in [4.69, 9.17) is 15.0 Å². The molecule has 2 aromatic heterocycles. The Morgan fingerprint density at radius 2 is 1.56 bits per heavy atom. The SMILES string of the molecule is Cl.[N-]=[N+]=NCCCCOCCCc1ccc[n+](CCCCOCCCc2cccnc2)c1. The number of nitrogens with zero attached hydrogens (tertiary/aromatic N) is 5. The monoisotopic (exact) mass is 462 g/mol. The second-order valence-corrected chi connectivity index (χ2v) is 7.61. The van der Waals surface area contributed by atoms with Gasteiger partial charge in [0.05, 0.1) is 0 Å². The number of halogens is 1. The van der Waals surface area contributed by atoms with E-state index in [1.165, 1.54) is 11.1 Å². The van der Waals surface area contributed by atoms with Gasteiger partial charge in [-0.3, -0.25) is 4.98 Å². The van der Waals surface area contributed by atoms with E-state index >= 15 is 0 Å². The summed E-state index contributed by atoms with van der Waals surface area (Å²) in [6, 6.07) is 8.40. The molecule has 0 bridgehead atoms. The van der Waals surface area contributed by atoms with Crippen molar-refractivity contribution >= 4 is 12.4 Å². The van der Waals surface area contributed by atoms with E-state index in [-0.39, 0.29) is 12.4 Å². The molecule has 0 saturated heterocycles. The molecule has 32 heavy (non-hydrogen) atoms. The Morgan fingerprint density at radius 3 is 2.28 bits per heavy atom. The third-order valence-corrected chi connectivity index (χ3v) is 4.97. The summed E-state index contributed by atoms with van der Waals surface area (Å²) in [6.07, 6.45) is 16.3. The fraction of sp³-hybridized carbons (Fsp3) is 0.583. The van der Waals surface area contributed by atoms with Crippen molar-refractivity contribution in [2.24, 2.45) is 5.11 Å². The van der Waals surface area contributed by atoms with Crippen LogP contribution >= 0.6 is 12.4 Å². The Hall–Kier alpha value is -2.18. The van der Waals surface area contributed by atoms with Gasteiger partial charge in [0.25, 0.3) is 0 Å². The lowest BCUT2D eigenvalue weighted by Crippen LogP contribution is -2.33. The number of unbranched alkanes of at least 4 members (excludes halogenated alkanes) is 2. The number of azide groups is 1. The summed E-state index contributed by atoms with van der Waals surface area (Å²) in [7, 11) is 0. The van der Waals surface area contributed by atoms with E-state index in [0.29, 0.717) is 6.54 Å². The molecule has 0 radical (unpaired) electrons. The lowest BCUT2D eigenvalue weighted by molar-refractivity contribution is -0.697.